The van der Waals surface area contributed by atoms with Crippen molar-refractivity contribution < 1.29 is 9.18 Å². The zero-order valence-electron chi connectivity index (χ0n) is 8.54. The Morgan fingerprint density at radius 1 is 1.56 bits per heavy atom. The number of carbonyl (C=O) groups is 1. The minimum Gasteiger partial charge on any atom is -0.325 e. The summed E-state index contributed by atoms with van der Waals surface area (Å²) >= 11 is 3.32. The van der Waals surface area contributed by atoms with E-state index in [2.05, 4.69) is 26.6 Å². The van der Waals surface area contributed by atoms with Gasteiger partial charge >= 0.3 is 0 Å². The van der Waals surface area contributed by atoms with Crippen molar-refractivity contribution in [3.8, 4) is 0 Å². The second-order valence-corrected chi connectivity index (χ2v) is 4.71. The van der Waals surface area contributed by atoms with E-state index in [0.717, 1.165) is 4.47 Å². The third-order valence-corrected chi connectivity index (χ3v) is 2.98. The Bertz CT molecular complexity index is 399. The monoisotopic (exact) mass is 286 g/mol. The molecule has 1 amide bonds. The number of hydrogen-bond acceptors (Lipinski definition) is 2. The average molecular weight is 287 g/mol. The number of anilines is 1. The van der Waals surface area contributed by atoms with Crippen molar-refractivity contribution in [3.63, 3.8) is 0 Å². The number of hydrogen-bond donors (Lipinski definition) is 2. The predicted molar refractivity (Wildman–Crippen MR) is 64.1 cm³/mol. The van der Waals surface area contributed by atoms with E-state index in [1.807, 2.05) is 12.1 Å². The van der Waals surface area contributed by atoms with Crippen LogP contribution in [0.2, 0.25) is 0 Å². The average Bonchev–Trinajstić information content (AvgIpc) is 2.65. The van der Waals surface area contributed by atoms with Gasteiger partial charge in [-0.2, -0.15) is 0 Å². The molecular formula is C11H12BrFN2O. The van der Waals surface area contributed by atoms with Gasteiger partial charge in [0.05, 0.1) is 6.04 Å². The van der Waals surface area contributed by atoms with Crippen molar-refractivity contribution >= 4 is 27.5 Å². The highest BCUT2D eigenvalue weighted by atomic mass is 79.9. The molecule has 1 aliphatic heterocycles. The molecule has 86 valence electrons. The van der Waals surface area contributed by atoms with Crippen LogP contribution in [0.15, 0.2) is 28.7 Å². The highest BCUT2D eigenvalue weighted by molar-refractivity contribution is 9.10. The molecule has 0 radical (unpaired) electrons. The molecule has 0 aromatic heterocycles. The van der Waals surface area contributed by atoms with Crippen LogP contribution < -0.4 is 10.6 Å². The second-order valence-electron chi connectivity index (χ2n) is 3.79. The van der Waals surface area contributed by atoms with Crippen LogP contribution in [0, 0.1) is 0 Å². The molecule has 1 saturated heterocycles. The fourth-order valence-electron chi connectivity index (χ4n) is 1.69. The van der Waals surface area contributed by atoms with E-state index in [4.69, 9.17) is 0 Å². The van der Waals surface area contributed by atoms with E-state index in [1.54, 1.807) is 12.1 Å². The van der Waals surface area contributed by atoms with Crippen LogP contribution in [0.5, 0.6) is 0 Å². The van der Waals surface area contributed by atoms with Crippen LogP contribution in [0.4, 0.5) is 10.1 Å². The SMILES string of the molecule is O=C(Nc1cccc(Br)c1)C1CC(F)CN1. The van der Waals surface area contributed by atoms with Gasteiger partial charge in [0.2, 0.25) is 5.91 Å². The van der Waals surface area contributed by atoms with Gasteiger partial charge in [0.25, 0.3) is 0 Å². The molecule has 5 heteroatoms. The third-order valence-electron chi connectivity index (χ3n) is 2.49. The Morgan fingerprint density at radius 3 is 3.00 bits per heavy atom. The van der Waals surface area contributed by atoms with Gasteiger partial charge in [-0.15, -0.1) is 0 Å². The maximum absolute atomic E-state index is 12.9. The molecule has 2 N–H and O–H groups in total. The minimum absolute atomic E-state index is 0.182. The Balaban J connectivity index is 1.97. The number of benzene rings is 1. The fourth-order valence-corrected chi connectivity index (χ4v) is 2.09. The smallest absolute Gasteiger partial charge is 0.241 e. The Hall–Kier alpha value is -0.940. The van der Waals surface area contributed by atoms with Crippen molar-refractivity contribution in [2.45, 2.75) is 18.6 Å². The first-order valence-electron chi connectivity index (χ1n) is 5.09. The van der Waals surface area contributed by atoms with Gasteiger partial charge < -0.3 is 10.6 Å². The molecule has 3 nitrogen and oxygen atoms in total. The number of nitrogens with one attached hydrogen (secondary N) is 2. The van der Waals surface area contributed by atoms with Crippen LogP contribution in [0.1, 0.15) is 6.42 Å². The van der Waals surface area contributed by atoms with Crippen molar-refractivity contribution in [1.29, 1.82) is 0 Å². The lowest BCUT2D eigenvalue weighted by atomic mass is 10.2. The molecule has 2 unspecified atom stereocenters. The predicted octanol–water partition coefficient (Wildman–Crippen LogP) is 2.09. The number of amides is 1. The van der Waals surface area contributed by atoms with Gasteiger partial charge in [0, 0.05) is 23.1 Å². The number of halogens is 2. The first kappa shape index (κ1) is 11.5. The first-order chi connectivity index (χ1) is 7.65. The second kappa shape index (κ2) is 4.93. The summed E-state index contributed by atoms with van der Waals surface area (Å²) in [7, 11) is 0. The number of rotatable bonds is 2. The van der Waals surface area contributed by atoms with Gasteiger partial charge in [-0.05, 0) is 18.2 Å². The van der Waals surface area contributed by atoms with Crippen molar-refractivity contribution in [2.75, 3.05) is 11.9 Å². The summed E-state index contributed by atoms with van der Waals surface area (Å²) in [6.07, 6.45) is -0.668. The van der Waals surface area contributed by atoms with E-state index in [9.17, 15) is 9.18 Å². The lowest BCUT2D eigenvalue weighted by Gasteiger charge is -2.10. The molecule has 1 aliphatic rings. The summed E-state index contributed by atoms with van der Waals surface area (Å²) in [6, 6.07) is 6.89. The first-order valence-corrected chi connectivity index (χ1v) is 5.88. The summed E-state index contributed by atoms with van der Waals surface area (Å²) in [5.41, 5.74) is 0.712. The largest absolute Gasteiger partial charge is 0.325 e. The van der Waals surface area contributed by atoms with Gasteiger partial charge in [-0.3, -0.25) is 4.79 Å². The zero-order chi connectivity index (χ0) is 11.5. The number of alkyl halides is 1. The fraction of sp³-hybridized carbons (Fsp3) is 0.364. The molecular weight excluding hydrogens is 275 g/mol. The maximum atomic E-state index is 12.9. The Morgan fingerprint density at radius 2 is 2.38 bits per heavy atom. The highest BCUT2D eigenvalue weighted by Gasteiger charge is 2.29. The van der Waals surface area contributed by atoms with Crippen LogP contribution in [0.25, 0.3) is 0 Å². The molecule has 2 rings (SSSR count). The topological polar surface area (TPSA) is 41.1 Å². The van der Waals surface area contributed by atoms with E-state index in [1.165, 1.54) is 0 Å². The normalized spacial score (nSPS) is 24.4. The highest BCUT2D eigenvalue weighted by Crippen LogP contribution is 2.17. The molecule has 0 aliphatic carbocycles. The van der Waals surface area contributed by atoms with Gasteiger partial charge in [0.15, 0.2) is 0 Å². The van der Waals surface area contributed by atoms with E-state index in [-0.39, 0.29) is 18.9 Å². The maximum Gasteiger partial charge on any atom is 0.241 e. The molecule has 2 atom stereocenters. The van der Waals surface area contributed by atoms with Crippen molar-refractivity contribution in [2.24, 2.45) is 0 Å². The molecule has 1 aromatic rings. The standard InChI is InChI=1S/C11H12BrFN2O/c12-7-2-1-3-9(4-7)15-11(16)10-5-8(13)6-14-10/h1-4,8,10,14H,5-6H2,(H,15,16). The molecule has 1 heterocycles. The summed E-state index contributed by atoms with van der Waals surface area (Å²) in [5, 5.41) is 5.59. The van der Waals surface area contributed by atoms with E-state index < -0.39 is 12.2 Å². The van der Waals surface area contributed by atoms with E-state index in [0.29, 0.717) is 5.69 Å². The van der Waals surface area contributed by atoms with Crippen molar-refractivity contribution in [3.05, 3.63) is 28.7 Å². The molecule has 0 saturated carbocycles. The quantitative estimate of drug-likeness (QED) is 0.874. The molecule has 1 fully saturated rings. The van der Waals surface area contributed by atoms with Crippen LogP contribution in [-0.4, -0.2) is 24.7 Å². The summed E-state index contributed by atoms with van der Waals surface area (Å²) in [5.74, 6) is -0.182. The van der Waals surface area contributed by atoms with Gasteiger partial charge in [0.1, 0.15) is 6.17 Å². The van der Waals surface area contributed by atoms with E-state index >= 15 is 0 Å². The Labute approximate surface area is 102 Å². The lowest BCUT2D eigenvalue weighted by molar-refractivity contribution is -0.117. The Kier molecular flexibility index (Phi) is 3.56. The van der Waals surface area contributed by atoms with Crippen LogP contribution in [0.3, 0.4) is 0 Å². The zero-order valence-corrected chi connectivity index (χ0v) is 10.1. The summed E-state index contributed by atoms with van der Waals surface area (Å²) in [6.45, 7) is 0.260. The van der Waals surface area contributed by atoms with Crippen molar-refractivity contribution in [1.82, 2.24) is 5.32 Å². The van der Waals surface area contributed by atoms with Crippen LogP contribution >= 0.6 is 15.9 Å². The van der Waals surface area contributed by atoms with Crippen LogP contribution in [-0.2, 0) is 4.79 Å². The molecule has 16 heavy (non-hydrogen) atoms. The lowest BCUT2D eigenvalue weighted by Crippen LogP contribution is -2.35. The summed E-state index contributed by atoms with van der Waals surface area (Å²) in [4.78, 5) is 11.7. The molecule has 0 spiro atoms. The minimum atomic E-state index is -0.918. The van der Waals surface area contributed by atoms with Gasteiger partial charge in [-0.1, -0.05) is 22.0 Å². The molecule has 0 bridgehead atoms. The number of carbonyl (C=O) groups excluding carboxylic acids is 1. The summed E-state index contributed by atoms with van der Waals surface area (Å²) < 4.78 is 13.8. The molecule has 1 aromatic carbocycles. The van der Waals surface area contributed by atoms with Gasteiger partial charge in [-0.25, -0.2) is 4.39 Å². The third kappa shape index (κ3) is 2.80.